The first-order chi connectivity index (χ1) is 15.1. The highest BCUT2D eigenvalue weighted by atomic mass is 19.1. The maximum absolute atomic E-state index is 13.9. The molecule has 3 aromatic rings. The van der Waals surface area contributed by atoms with Gasteiger partial charge in [-0.15, -0.1) is 0 Å². The van der Waals surface area contributed by atoms with E-state index in [4.69, 9.17) is 4.74 Å². The summed E-state index contributed by atoms with van der Waals surface area (Å²) >= 11 is 0. The van der Waals surface area contributed by atoms with Gasteiger partial charge in [0.15, 0.2) is 11.6 Å². The van der Waals surface area contributed by atoms with Gasteiger partial charge in [-0.25, -0.2) is 9.07 Å². The second-order valence-corrected chi connectivity index (χ2v) is 7.46. The standard InChI is InChI=1S/C24H25FN4O2/c1-31-23-9-7-19(15-22(23)25)17-27-11-13-28(14-12-27)24(30)10-8-20-16-26-29(18-20)21-5-3-2-4-6-21/h2-10,15-16,18H,11-14,17H2,1H3. The molecule has 0 spiro atoms. The van der Waals surface area contributed by atoms with Crippen LogP contribution in [0.3, 0.4) is 0 Å². The number of rotatable bonds is 6. The van der Waals surface area contributed by atoms with Crippen LogP contribution in [0.1, 0.15) is 11.1 Å². The molecular weight excluding hydrogens is 395 g/mol. The molecule has 2 heterocycles. The van der Waals surface area contributed by atoms with Gasteiger partial charge < -0.3 is 9.64 Å². The third kappa shape index (κ3) is 5.19. The zero-order valence-electron chi connectivity index (χ0n) is 17.4. The van der Waals surface area contributed by atoms with Gasteiger partial charge in [-0.2, -0.15) is 5.10 Å². The zero-order valence-corrected chi connectivity index (χ0v) is 17.4. The number of hydrogen-bond donors (Lipinski definition) is 0. The van der Waals surface area contributed by atoms with E-state index in [0.717, 1.165) is 29.9 Å². The van der Waals surface area contributed by atoms with Crippen molar-refractivity contribution < 1.29 is 13.9 Å². The molecule has 4 rings (SSSR count). The number of hydrogen-bond acceptors (Lipinski definition) is 4. The lowest BCUT2D eigenvalue weighted by molar-refractivity contribution is -0.127. The minimum atomic E-state index is -0.352. The average molecular weight is 420 g/mol. The highest BCUT2D eigenvalue weighted by Crippen LogP contribution is 2.19. The second kappa shape index (κ2) is 9.57. The van der Waals surface area contributed by atoms with Gasteiger partial charge >= 0.3 is 0 Å². The Morgan fingerprint density at radius 1 is 1.13 bits per heavy atom. The molecule has 2 aromatic carbocycles. The van der Waals surface area contributed by atoms with Gasteiger partial charge in [0.05, 0.1) is 19.0 Å². The van der Waals surface area contributed by atoms with Crippen LogP contribution in [0.2, 0.25) is 0 Å². The van der Waals surface area contributed by atoms with Crippen molar-refractivity contribution in [2.75, 3.05) is 33.3 Å². The normalized spacial score (nSPS) is 14.8. The third-order valence-electron chi connectivity index (χ3n) is 5.35. The quantitative estimate of drug-likeness (QED) is 0.574. The van der Waals surface area contributed by atoms with E-state index in [9.17, 15) is 9.18 Å². The molecule has 0 bridgehead atoms. The number of carbonyl (C=O) groups is 1. The number of piperazine rings is 1. The summed E-state index contributed by atoms with van der Waals surface area (Å²) in [6, 6.07) is 14.9. The molecule has 0 unspecified atom stereocenters. The fourth-order valence-corrected chi connectivity index (χ4v) is 3.61. The fourth-order valence-electron chi connectivity index (χ4n) is 3.61. The highest BCUT2D eigenvalue weighted by molar-refractivity contribution is 5.91. The Hall–Kier alpha value is -3.45. The van der Waals surface area contributed by atoms with Crippen molar-refractivity contribution in [3.63, 3.8) is 0 Å². The predicted molar refractivity (Wildman–Crippen MR) is 117 cm³/mol. The van der Waals surface area contributed by atoms with Crippen molar-refractivity contribution in [3.8, 4) is 11.4 Å². The number of nitrogens with zero attached hydrogens (tertiary/aromatic N) is 4. The molecule has 160 valence electrons. The van der Waals surface area contributed by atoms with E-state index in [1.807, 2.05) is 47.5 Å². The Balaban J connectivity index is 1.28. The average Bonchev–Trinajstić information content (AvgIpc) is 3.28. The monoisotopic (exact) mass is 420 g/mol. The number of carbonyl (C=O) groups excluding carboxylic acids is 1. The van der Waals surface area contributed by atoms with E-state index >= 15 is 0 Å². The van der Waals surface area contributed by atoms with Gasteiger partial charge in [-0.05, 0) is 35.9 Å². The van der Waals surface area contributed by atoms with Gasteiger partial charge in [0.2, 0.25) is 5.91 Å². The fraction of sp³-hybridized carbons (Fsp3) is 0.250. The van der Waals surface area contributed by atoms with Crippen LogP contribution < -0.4 is 4.74 Å². The maximum atomic E-state index is 13.9. The van der Waals surface area contributed by atoms with Gasteiger partial charge in [-0.3, -0.25) is 9.69 Å². The Morgan fingerprint density at radius 3 is 2.61 bits per heavy atom. The first-order valence-corrected chi connectivity index (χ1v) is 10.2. The first-order valence-electron chi connectivity index (χ1n) is 10.2. The SMILES string of the molecule is COc1ccc(CN2CCN(C(=O)C=Cc3cnn(-c4ccccc4)c3)CC2)cc1F. The van der Waals surface area contributed by atoms with Crippen LogP contribution in [-0.2, 0) is 11.3 Å². The Labute approximate surface area is 181 Å². The summed E-state index contributed by atoms with van der Waals surface area (Å²) in [5.74, 6) is -0.114. The van der Waals surface area contributed by atoms with E-state index in [-0.39, 0.29) is 17.5 Å². The second-order valence-electron chi connectivity index (χ2n) is 7.46. The highest BCUT2D eigenvalue weighted by Gasteiger charge is 2.20. The summed E-state index contributed by atoms with van der Waals surface area (Å²) in [6.45, 7) is 3.44. The van der Waals surface area contributed by atoms with Crippen LogP contribution in [0.25, 0.3) is 11.8 Å². The Morgan fingerprint density at radius 2 is 1.90 bits per heavy atom. The van der Waals surface area contributed by atoms with Gasteiger partial charge in [0.25, 0.3) is 0 Å². The lowest BCUT2D eigenvalue weighted by atomic mass is 10.1. The predicted octanol–water partition coefficient (Wildman–Crippen LogP) is 3.38. The molecule has 1 saturated heterocycles. The number of benzene rings is 2. The van der Waals surface area contributed by atoms with Gasteiger partial charge in [-0.1, -0.05) is 24.3 Å². The summed E-state index contributed by atoms with van der Waals surface area (Å²) in [5.41, 5.74) is 2.74. The van der Waals surface area contributed by atoms with E-state index in [1.165, 1.54) is 13.2 Å². The van der Waals surface area contributed by atoms with E-state index in [1.54, 1.807) is 29.1 Å². The molecule has 6 nitrogen and oxygen atoms in total. The molecule has 1 amide bonds. The summed E-state index contributed by atoms with van der Waals surface area (Å²) < 4.78 is 20.6. The molecule has 0 saturated carbocycles. The van der Waals surface area contributed by atoms with Crippen LogP contribution >= 0.6 is 0 Å². The van der Waals surface area contributed by atoms with Crippen LogP contribution in [0.5, 0.6) is 5.75 Å². The molecule has 0 aliphatic carbocycles. The minimum absolute atomic E-state index is 0.0115. The molecule has 1 aromatic heterocycles. The molecule has 0 atom stereocenters. The Bertz CT molecular complexity index is 1060. The van der Waals surface area contributed by atoms with Crippen LogP contribution in [0.15, 0.2) is 67.0 Å². The molecule has 0 radical (unpaired) electrons. The summed E-state index contributed by atoms with van der Waals surface area (Å²) in [6.07, 6.45) is 7.02. The van der Waals surface area contributed by atoms with Crippen molar-refractivity contribution in [2.24, 2.45) is 0 Å². The molecule has 1 aliphatic rings. The number of methoxy groups -OCH3 is 1. The number of ether oxygens (including phenoxy) is 1. The molecule has 31 heavy (non-hydrogen) atoms. The van der Waals surface area contributed by atoms with Crippen molar-refractivity contribution in [2.45, 2.75) is 6.54 Å². The van der Waals surface area contributed by atoms with Gasteiger partial charge in [0, 0.05) is 50.6 Å². The number of aromatic nitrogens is 2. The number of halogens is 1. The number of para-hydroxylation sites is 1. The molecular formula is C24H25FN4O2. The largest absolute Gasteiger partial charge is 0.494 e. The third-order valence-corrected chi connectivity index (χ3v) is 5.35. The van der Waals surface area contributed by atoms with Gasteiger partial charge in [0.1, 0.15) is 0 Å². The zero-order chi connectivity index (χ0) is 21.6. The minimum Gasteiger partial charge on any atom is -0.494 e. The van der Waals surface area contributed by atoms with Crippen molar-refractivity contribution >= 4 is 12.0 Å². The topological polar surface area (TPSA) is 50.6 Å². The van der Waals surface area contributed by atoms with E-state index in [0.29, 0.717) is 19.6 Å². The van der Waals surface area contributed by atoms with Crippen molar-refractivity contribution in [3.05, 3.63) is 83.9 Å². The lowest BCUT2D eigenvalue weighted by Crippen LogP contribution is -2.47. The van der Waals surface area contributed by atoms with Crippen LogP contribution in [0.4, 0.5) is 4.39 Å². The van der Waals surface area contributed by atoms with Crippen molar-refractivity contribution in [1.82, 2.24) is 19.6 Å². The van der Waals surface area contributed by atoms with Crippen molar-refractivity contribution in [1.29, 1.82) is 0 Å². The van der Waals surface area contributed by atoms with Crippen LogP contribution in [0, 0.1) is 5.82 Å². The summed E-state index contributed by atoms with van der Waals surface area (Å²) in [4.78, 5) is 16.6. The van der Waals surface area contributed by atoms with E-state index < -0.39 is 0 Å². The number of amides is 1. The van der Waals surface area contributed by atoms with Crippen LogP contribution in [-0.4, -0.2) is 58.8 Å². The summed E-state index contributed by atoms with van der Waals surface area (Å²) in [7, 11) is 1.46. The first kappa shape index (κ1) is 20.8. The molecule has 1 fully saturated rings. The smallest absolute Gasteiger partial charge is 0.246 e. The molecule has 1 aliphatic heterocycles. The van der Waals surface area contributed by atoms with E-state index in [2.05, 4.69) is 10.00 Å². The summed E-state index contributed by atoms with van der Waals surface area (Å²) in [5, 5.41) is 4.34. The molecule has 7 heteroatoms. The maximum Gasteiger partial charge on any atom is 0.246 e. The Kier molecular flexibility index (Phi) is 6.43. The lowest BCUT2D eigenvalue weighted by Gasteiger charge is -2.34. The molecule has 0 N–H and O–H groups in total.